The summed E-state index contributed by atoms with van der Waals surface area (Å²) in [7, 11) is 0. The molecule has 1 unspecified atom stereocenters. The van der Waals surface area contributed by atoms with Crippen molar-refractivity contribution in [3.8, 4) is 0 Å². The summed E-state index contributed by atoms with van der Waals surface area (Å²) in [5, 5.41) is 4.63. The topological polar surface area (TPSA) is 81.8 Å². The van der Waals surface area contributed by atoms with Gasteiger partial charge in [-0.1, -0.05) is 39.0 Å². The first kappa shape index (κ1) is 18.2. The highest BCUT2D eigenvalue weighted by molar-refractivity contribution is 6.05. The van der Waals surface area contributed by atoms with E-state index in [1.54, 1.807) is 4.90 Å². The largest absolute Gasteiger partial charge is 0.368 e. The number of nitrogens with zero attached hydrogens (tertiary/aromatic N) is 2. The first-order chi connectivity index (χ1) is 12.3. The highest BCUT2D eigenvalue weighted by atomic mass is 16.2. The van der Waals surface area contributed by atoms with Crippen LogP contribution in [-0.4, -0.2) is 55.0 Å². The van der Waals surface area contributed by atoms with Crippen molar-refractivity contribution in [3.63, 3.8) is 0 Å². The number of urea groups is 1. The van der Waals surface area contributed by atoms with Crippen LogP contribution in [-0.2, 0) is 15.0 Å². The molecule has 0 saturated carbocycles. The van der Waals surface area contributed by atoms with Crippen LogP contribution in [0.3, 0.4) is 0 Å². The van der Waals surface area contributed by atoms with Crippen molar-refractivity contribution in [1.82, 2.24) is 15.5 Å². The van der Waals surface area contributed by atoms with Gasteiger partial charge < -0.3 is 15.1 Å². The number of anilines is 1. The fourth-order valence-corrected chi connectivity index (χ4v) is 3.49. The lowest BCUT2D eigenvalue weighted by atomic mass is 9.85. The summed E-state index contributed by atoms with van der Waals surface area (Å²) < 4.78 is 0. The highest BCUT2D eigenvalue weighted by Crippen LogP contribution is 2.32. The van der Waals surface area contributed by atoms with Gasteiger partial charge in [-0.05, 0) is 17.0 Å². The zero-order chi connectivity index (χ0) is 18.9. The maximum absolute atomic E-state index is 12.5. The van der Waals surface area contributed by atoms with E-state index in [0.717, 1.165) is 13.1 Å². The van der Waals surface area contributed by atoms with Gasteiger partial charge >= 0.3 is 6.03 Å². The molecule has 2 aliphatic rings. The Morgan fingerprint density at radius 1 is 1.12 bits per heavy atom. The molecule has 140 valence electrons. The monoisotopic (exact) mass is 358 g/mol. The van der Waals surface area contributed by atoms with E-state index >= 15 is 0 Å². The number of rotatable bonds is 3. The normalized spacial score (nSPS) is 20.8. The minimum Gasteiger partial charge on any atom is -0.368 e. The molecule has 7 heteroatoms. The number of piperazine rings is 1. The maximum Gasteiger partial charge on any atom is 0.322 e. The van der Waals surface area contributed by atoms with Crippen LogP contribution < -0.4 is 15.5 Å². The summed E-state index contributed by atoms with van der Waals surface area (Å²) in [6, 6.07) is 7.12. The molecule has 0 aliphatic carbocycles. The molecule has 1 atom stereocenters. The third kappa shape index (κ3) is 3.81. The van der Waals surface area contributed by atoms with E-state index in [0.29, 0.717) is 13.1 Å². The fourth-order valence-electron chi connectivity index (χ4n) is 3.49. The lowest BCUT2D eigenvalue weighted by Crippen LogP contribution is -2.50. The van der Waals surface area contributed by atoms with Crippen LogP contribution >= 0.6 is 0 Å². The molecule has 4 amide bonds. The Bertz CT molecular complexity index is 718. The van der Waals surface area contributed by atoms with Crippen molar-refractivity contribution < 1.29 is 14.4 Å². The van der Waals surface area contributed by atoms with Gasteiger partial charge in [0, 0.05) is 31.9 Å². The number of nitrogens with one attached hydrogen (secondary N) is 2. The first-order valence-electron chi connectivity index (χ1n) is 8.99. The smallest absolute Gasteiger partial charge is 0.322 e. The van der Waals surface area contributed by atoms with Gasteiger partial charge in [-0.3, -0.25) is 14.9 Å². The molecule has 7 nitrogen and oxygen atoms in total. The highest BCUT2D eigenvalue weighted by Gasteiger charge is 2.33. The third-order valence-corrected chi connectivity index (χ3v) is 4.92. The Morgan fingerprint density at radius 2 is 1.77 bits per heavy atom. The van der Waals surface area contributed by atoms with Crippen LogP contribution in [0.2, 0.25) is 0 Å². The van der Waals surface area contributed by atoms with Gasteiger partial charge in [-0.25, -0.2) is 4.79 Å². The Kier molecular flexibility index (Phi) is 4.89. The van der Waals surface area contributed by atoms with Gasteiger partial charge in [0.1, 0.15) is 6.04 Å². The second-order valence-corrected chi connectivity index (χ2v) is 7.85. The van der Waals surface area contributed by atoms with Crippen molar-refractivity contribution in [3.05, 3.63) is 29.8 Å². The molecule has 2 saturated heterocycles. The molecule has 26 heavy (non-hydrogen) atoms. The predicted octanol–water partition coefficient (Wildman–Crippen LogP) is 1.23. The molecule has 2 fully saturated rings. The zero-order valence-electron chi connectivity index (χ0n) is 15.5. The molecule has 0 bridgehead atoms. The second-order valence-electron chi connectivity index (χ2n) is 7.85. The van der Waals surface area contributed by atoms with E-state index in [-0.39, 0.29) is 17.7 Å². The molecule has 3 rings (SSSR count). The number of carbonyl (C=O) groups excluding carboxylic acids is 3. The lowest BCUT2D eigenvalue weighted by Gasteiger charge is -2.38. The van der Waals surface area contributed by atoms with Crippen LogP contribution in [0.5, 0.6) is 0 Å². The van der Waals surface area contributed by atoms with Gasteiger partial charge in [0.25, 0.3) is 5.91 Å². The van der Waals surface area contributed by atoms with Crippen LogP contribution in [0, 0.1) is 0 Å². The van der Waals surface area contributed by atoms with Crippen molar-refractivity contribution in [1.29, 1.82) is 0 Å². The molecule has 1 aromatic carbocycles. The molecule has 0 spiro atoms. The van der Waals surface area contributed by atoms with E-state index in [1.165, 1.54) is 11.3 Å². The first-order valence-corrected chi connectivity index (χ1v) is 8.99. The van der Waals surface area contributed by atoms with Crippen LogP contribution in [0.15, 0.2) is 24.3 Å². The minimum absolute atomic E-state index is 0.0101. The van der Waals surface area contributed by atoms with Crippen molar-refractivity contribution in [2.75, 3.05) is 31.1 Å². The quantitative estimate of drug-likeness (QED) is 0.797. The van der Waals surface area contributed by atoms with Gasteiger partial charge in [0.15, 0.2) is 0 Å². The molecule has 0 radical (unpaired) electrons. The fraction of sp³-hybridized carbons (Fsp3) is 0.526. The average Bonchev–Trinajstić information content (AvgIpc) is 2.91. The van der Waals surface area contributed by atoms with E-state index < -0.39 is 18.0 Å². The molecule has 2 heterocycles. The third-order valence-electron chi connectivity index (χ3n) is 4.92. The number of imide groups is 1. The number of carbonyl (C=O) groups is 3. The molecule has 0 aromatic heterocycles. The van der Waals surface area contributed by atoms with Crippen molar-refractivity contribution in [2.45, 2.75) is 38.6 Å². The average molecular weight is 358 g/mol. The summed E-state index contributed by atoms with van der Waals surface area (Å²) in [4.78, 5) is 39.3. The summed E-state index contributed by atoms with van der Waals surface area (Å²) in [5.74, 6) is -0.530. The van der Waals surface area contributed by atoms with E-state index in [2.05, 4.69) is 54.5 Å². The van der Waals surface area contributed by atoms with Crippen LogP contribution in [0.4, 0.5) is 10.5 Å². The van der Waals surface area contributed by atoms with Gasteiger partial charge in [-0.15, -0.1) is 0 Å². The number of para-hydroxylation sites is 1. The SMILES string of the molecule is CC(C)(C)c1ccccc1N1CCN(C(=O)CC2NC(=O)NC2=O)CC1. The zero-order valence-corrected chi connectivity index (χ0v) is 15.5. The van der Waals surface area contributed by atoms with Gasteiger partial charge in [-0.2, -0.15) is 0 Å². The standard InChI is InChI=1S/C19H26N4O3/c1-19(2,3)13-6-4-5-7-15(13)22-8-10-23(11-9-22)16(24)12-14-17(25)21-18(26)20-14/h4-7,14H,8-12H2,1-3H3,(H2,20,21,25,26). The number of benzene rings is 1. The van der Waals surface area contributed by atoms with E-state index in [4.69, 9.17) is 0 Å². The van der Waals surface area contributed by atoms with Crippen molar-refractivity contribution >= 4 is 23.5 Å². The summed E-state index contributed by atoms with van der Waals surface area (Å²) in [6.07, 6.45) is 0.0101. The summed E-state index contributed by atoms with van der Waals surface area (Å²) in [5.41, 5.74) is 2.57. The second kappa shape index (κ2) is 6.97. The Hall–Kier alpha value is -2.57. The molecule has 2 N–H and O–H groups in total. The molecule has 1 aromatic rings. The summed E-state index contributed by atoms with van der Waals surface area (Å²) in [6.45, 7) is 9.33. The summed E-state index contributed by atoms with van der Waals surface area (Å²) >= 11 is 0. The van der Waals surface area contributed by atoms with E-state index in [1.807, 2.05) is 6.07 Å². The molecule has 2 aliphatic heterocycles. The van der Waals surface area contributed by atoms with Crippen molar-refractivity contribution in [2.24, 2.45) is 0 Å². The maximum atomic E-state index is 12.5. The van der Waals surface area contributed by atoms with E-state index in [9.17, 15) is 14.4 Å². The number of hydrogen-bond acceptors (Lipinski definition) is 4. The van der Waals surface area contributed by atoms with Gasteiger partial charge in [0.2, 0.25) is 5.91 Å². The Morgan fingerprint density at radius 3 is 2.35 bits per heavy atom. The van der Waals surface area contributed by atoms with Gasteiger partial charge in [0.05, 0.1) is 6.42 Å². The molecular weight excluding hydrogens is 332 g/mol. The predicted molar refractivity (Wildman–Crippen MR) is 99.0 cm³/mol. The lowest BCUT2D eigenvalue weighted by molar-refractivity contribution is -0.134. The minimum atomic E-state index is -0.755. The van der Waals surface area contributed by atoms with Crippen LogP contribution in [0.1, 0.15) is 32.8 Å². The number of hydrogen-bond donors (Lipinski definition) is 2. The number of amides is 4. The van der Waals surface area contributed by atoms with Crippen LogP contribution in [0.25, 0.3) is 0 Å². The molecular formula is C19H26N4O3. The Labute approximate surface area is 153 Å². The Balaban J connectivity index is 1.61.